The number of ether oxygens (including phenoxy) is 2. The van der Waals surface area contributed by atoms with E-state index in [2.05, 4.69) is 28.2 Å². The van der Waals surface area contributed by atoms with Crippen molar-refractivity contribution >= 4 is 50.7 Å². The Hall–Kier alpha value is -2.90. The number of ketones is 1. The van der Waals surface area contributed by atoms with Crippen LogP contribution in [0.4, 0.5) is 5.69 Å². The van der Waals surface area contributed by atoms with Crippen molar-refractivity contribution in [2.45, 2.75) is 33.6 Å². The summed E-state index contributed by atoms with van der Waals surface area (Å²) in [5, 5.41) is 2.81. The van der Waals surface area contributed by atoms with Gasteiger partial charge in [0.25, 0.3) is 5.91 Å². The topological polar surface area (TPSA) is 64.6 Å². The van der Waals surface area contributed by atoms with Crippen LogP contribution < -0.4 is 14.8 Å². The van der Waals surface area contributed by atoms with E-state index in [1.54, 1.807) is 24.3 Å². The van der Waals surface area contributed by atoms with Crippen molar-refractivity contribution in [2.75, 3.05) is 18.5 Å². The Labute approximate surface area is 212 Å². The van der Waals surface area contributed by atoms with Crippen molar-refractivity contribution in [3.8, 4) is 11.5 Å². The molecule has 0 saturated carbocycles. The number of amides is 1. The Morgan fingerprint density at radius 1 is 1.03 bits per heavy atom. The summed E-state index contributed by atoms with van der Waals surface area (Å²) in [6, 6.07) is 14.8. The number of anilines is 1. The third kappa shape index (κ3) is 7.30. The number of carbonyl (C=O) groups is 2. The van der Waals surface area contributed by atoms with Crippen LogP contribution in [0.3, 0.4) is 0 Å². The van der Waals surface area contributed by atoms with Gasteiger partial charge in [0.15, 0.2) is 23.9 Å². The first kappa shape index (κ1) is 25.7. The van der Waals surface area contributed by atoms with Gasteiger partial charge in [-0.3, -0.25) is 9.59 Å². The van der Waals surface area contributed by atoms with Gasteiger partial charge < -0.3 is 14.8 Å². The van der Waals surface area contributed by atoms with Crippen LogP contribution in [0.25, 0.3) is 6.08 Å². The van der Waals surface area contributed by atoms with Crippen LogP contribution in [0, 0.1) is 6.92 Å². The first-order chi connectivity index (χ1) is 16.4. The first-order valence-electron chi connectivity index (χ1n) is 11.2. The van der Waals surface area contributed by atoms with E-state index in [9.17, 15) is 9.59 Å². The number of rotatable bonds is 11. The fraction of sp³-hybridized carbons (Fsp3) is 0.259. The smallest absolute Gasteiger partial charge is 0.262 e. The van der Waals surface area contributed by atoms with Gasteiger partial charge in [-0.2, -0.15) is 0 Å². The van der Waals surface area contributed by atoms with Crippen LogP contribution in [-0.2, 0) is 11.2 Å². The zero-order valence-corrected chi connectivity index (χ0v) is 21.9. The maximum atomic E-state index is 12.6. The minimum absolute atomic E-state index is 0.0425. The number of hydrogen-bond acceptors (Lipinski definition) is 5. The van der Waals surface area contributed by atoms with Crippen LogP contribution in [0.1, 0.15) is 45.9 Å². The van der Waals surface area contributed by atoms with Crippen molar-refractivity contribution in [1.82, 2.24) is 0 Å². The number of benzene rings is 2. The highest BCUT2D eigenvalue weighted by Gasteiger charge is 2.12. The molecular formula is C27H28BrNO4S. The Kier molecular flexibility index (Phi) is 9.48. The van der Waals surface area contributed by atoms with E-state index >= 15 is 0 Å². The van der Waals surface area contributed by atoms with E-state index in [1.807, 2.05) is 50.2 Å². The van der Waals surface area contributed by atoms with E-state index < -0.39 is 0 Å². The van der Waals surface area contributed by atoms with Crippen LogP contribution in [-0.4, -0.2) is 24.9 Å². The van der Waals surface area contributed by atoms with E-state index in [1.165, 1.54) is 16.2 Å². The van der Waals surface area contributed by atoms with Crippen LogP contribution in [0.15, 0.2) is 59.1 Å². The van der Waals surface area contributed by atoms with Gasteiger partial charge >= 0.3 is 0 Å². The highest BCUT2D eigenvalue weighted by atomic mass is 79.9. The van der Waals surface area contributed by atoms with Gasteiger partial charge in [0.05, 0.1) is 11.5 Å². The molecular weight excluding hydrogens is 514 g/mol. The minimum atomic E-state index is -0.259. The number of allylic oxidation sites excluding steroid dienone is 1. The number of carbonyl (C=O) groups excluding carboxylic acids is 2. The average Bonchev–Trinajstić information content (AvgIpc) is 3.19. The predicted octanol–water partition coefficient (Wildman–Crippen LogP) is 7.08. The monoisotopic (exact) mass is 541 g/mol. The van der Waals surface area contributed by atoms with E-state index in [4.69, 9.17) is 9.47 Å². The standard InChI is InChI=1S/C27H28BrNO4S/c1-4-6-25-21(28)16-26(34-25)22(30)13-9-19-10-14-23(24(15-19)32-5-2)33-17-27(31)29-20-11-7-18(3)8-12-20/h7-16H,4-6,17H2,1-3H3,(H,29,31)/b13-9+. The lowest BCUT2D eigenvalue weighted by atomic mass is 10.1. The molecule has 0 aliphatic heterocycles. The molecule has 2 aromatic carbocycles. The van der Waals surface area contributed by atoms with Gasteiger partial charge in [-0.05, 0) is 78.2 Å². The van der Waals surface area contributed by atoms with Gasteiger partial charge in [0, 0.05) is 15.0 Å². The third-order valence-electron chi connectivity index (χ3n) is 4.87. The van der Waals surface area contributed by atoms with Crippen LogP contribution in [0.5, 0.6) is 11.5 Å². The van der Waals surface area contributed by atoms with E-state index in [0.717, 1.165) is 28.4 Å². The molecule has 0 fully saturated rings. The Morgan fingerprint density at radius 2 is 1.79 bits per heavy atom. The second-order valence-corrected chi connectivity index (χ2v) is 9.66. The molecule has 1 aromatic heterocycles. The molecule has 3 rings (SSSR count). The minimum Gasteiger partial charge on any atom is -0.490 e. The molecule has 178 valence electrons. The summed E-state index contributed by atoms with van der Waals surface area (Å²) in [5.74, 6) is 0.685. The summed E-state index contributed by atoms with van der Waals surface area (Å²) in [5.41, 5.74) is 2.64. The highest BCUT2D eigenvalue weighted by Crippen LogP contribution is 2.31. The Morgan fingerprint density at radius 3 is 2.50 bits per heavy atom. The molecule has 0 aliphatic carbocycles. The molecule has 0 atom stereocenters. The van der Waals surface area contributed by atoms with Gasteiger partial charge in [-0.1, -0.05) is 43.2 Å². The fourth-order valence-corrected chi connectivity index (χ4v) is 5.07. The molecule has 0 aliphatic rings. The molecule has 0 radical (unpaired) electrons. The lowest BCUT2D eigenvalue weighted by Crippen LogP contribution is -2.20. The SMILES string of the molecule is CCCc1sc(C(=O)/C=C/c2ccc(OCC(=O)Nc3ccc(C)cc3)c(OCC)c2)cc1Br. The van der Waals surface area contributed by atoms with E-state index in [-0.39, 0.29) is 18.3 Å². The van der Waals surface area contributed by atoms with Crippen molar-refractivity contribution in [2.24, 2.45) is 0 Å². The molecule has 7 heteroatoms. The first-order valence-corrected chi connectivity index (χ1v) is 12.8. The summed E-state index contributed by atoms with van der Waals surface area (Å²) in [7, 11) is 0. The van der Waals surface area contributed by atoms with E-state index in [0.29, 0.717) is 28.7 Å². The molecule has 0 unspecified atom stereocenters. The summed E-state index contributed by atoms with van der Waals surface area (Å²) in [4.78, 5) is 26.8. The lowest BCUT2D eigenvalue weighted by molar-refractivity contribution is -0.118. The van der Waals surface area contributed by atoms with Crippen molar-refractivity contribution < 1.29 is 19.1 Å². The number of halogens is 1. The van der Waals surface area contributed by atoms with Crippen molar-refractivity contribution in [3.05, 3.63) is 80.0 Å². The molecule has 34 heavy (non-hydrogen) atoms. The van der Waals surface area contributed by atoms with Gasteiger partial charge in [-0.25, -0.2) is 0 Å². The lowest BCUT2D eigenvalue weighted by Gasteiger charge is -2.13. The Balaban J connectivity index is 1.64. The number of hydrogen-bond donors (Lipinski definition) is 1. The number of thiophene rings is 1. The number of aryl methyl sites for hydroxylation is 2. The molecule has 0 saturated heterocycles. The molecule has 1 heterocycles. The van der Waals surface area contributed by atoms with Gasteiger partial charge in [0.1, 0.15) is 0 Å². The van der Waals surface area contributed by atoms with Crippen LogP contribution >= 0.6 is 27.3 Å². The molecule has 1 amide bonds. The molecule has 0 spiro atoms. The quantitative estimate of drug-likeness (QED) is 0.208. The maximum Gasteiger partial charge on any atom is 0.262 e. The normalized spacial score (nSPS) is 10.9. The summed E-state index contributed by atoms with van der Waals surface area (Å²) >= 11 is 5.06. The zero-order chi connectivity index (χ0) is 24.5. The largest absolute Gasteiger partial charge is 0.490 e. The maximum absolute atomic E-state index is 12.6. The zero-order valence-electron chi connectivity index (χ0n) is 19.5. The molecule has 0 bridgehead atoms. The fourth-order valence-electron chi connectivity index (χ4n) is 3.17. The average molecular weight is 542 g/mol. The third-order valence-corrected chi connectivity index (χ3v) is 7.05. The van der Waals surface area contributed by atoms with Gasteiger partial charge in [-0.15, -0.1) is 11.3 Å². The highest BCUT2D eigenvalue weighted by molar-refractivity contribution is 9.10. The van der Waals surface area contributed by atoms with Crippen molar-refractivity contribution in [3.63, 3.8) is 0 Å². The molecule has 1 N–H and O–H groups in total. The molecule has 5 nitrogen and oxygen atoms in total. The Bertz CT molecular complexity index is 1170. The summed E-state index contributed by atoms with van der Waals surface area (Å²) in [6.07, 6.45) is 5.30. The summed E-state index contributed by atoms with van der Waals surface area (Å²) < 4.78 is 12.4. The van der Waals surface area contributed by atoms with Crippen molar-refractivity contribution in [1.29, 1.82) is 0 Å². The second kappa shape index (κ2) is 12.5. The summed E-state index contributed by atoms with van der Waals surface area (Å²) in [6.45, 7) is 6.29. The predicted molar refractivity (Wildman–Crippen MR) is 142 cm³/mol. The van der Waals surface area contributed by atoms with Gasteiger partial charge in [0.2, 0.25) is 0 Å². The number of nitrogens with one attached hydrogen (secondary N) is 1. The second-order valence-electron chi connectivity index (χ2n) is 7.67. The van der Waals surface area contributed by atoms with Crippen LogP contribution in [0.2, 0.25) is 0 Å². The molecule has 3 aromatic rings.